The first-order valence-corrected chi connectivity index (χ1v) is 9.98. The highest BCUT2D eigenvalue weighted by Gasteiger charge is 2.35. The predicted molar refractivity (Wildman–Crippen MR) is 115 cm³/mol. The monoisotopic (exact) mass is 444 g/mol. The van der Waals surface area contributed by atoms with Gasteiger partial charge in [-0.25, -0.2) is 0 Å². The van der Waals surface area contributed by atoms with E-state index >= 15 is 0 Å². The molecule has 3 N–H and O–H groups in total. The van der Waals surface area contributed by atoms with Gasteiger partial charge in [0.1, 0.15) is 11.3 Å². The van der Waals surface area contributed by atoms with Crippen LogP contribution < -0.4 is 10.9 Å². The van der Waals surface area contributed by atoms with Crippen LogP contribution in [-0.2, 0) is 12.6 Å². The smallest absolute Gasteiger partial charge is 0.396 e. The molecular weight excluding hydrogens is 421 g/mol. The Morgan fingerprint density at radius 3 is 1.94 bits per heavy atom. The number of aromatic amines is 1. The fourth-order valence-corrected chi connectivity index (χ4v) is 3.40. The Kier molecular flexibility index (Phi) is 6.84. The van der Waals surface area contributed by atoms with Crippen LogP contribution in [0.4, 0.5) is 13.2 Å². The van der Waals surface area contributed by atoms with Crippen LogP contribution >= 0.6 is 0 Å². The van der Waals surface area contributed by atoms with Gasteiger partial charge in [-0.2, -0.15) is 13.2 Å². The van der Waals surface area contributed by atoms with Gasteiger partial charge in [0.2, 0.25) is 0 Å². The number of carbonyl (C=O) groups is 1. The zero-order valence-electron chi connectivity index (χ0n) is 17.6. The summed E-state index contributed by atoms with van der Waals surface area (Å²) >= 11 is 0. The van der Waals surface area contributed by atoms with Crippen molar-refractivity contribution in [2.75, 3.05) is 6.61 Å². The molecule has 1 aromatic heterocycles. The predicted octanol–water partition coefficient (Wildman–Crippen LogP) is 4.06. The summed E-state index contributed by atoms with van der Waals surface area (Å²) in [6.07, 6.45) is -5.17. The third kappa shape index (κ3) is 5.26. The van der Waals surface area contributed by atoms with Gasteiger partial charge in [0.15, 0.2) is 0 Å². The number of amides is 1. The number of aromatic nitrogens is 1. The van der Waals surface area contributed by atoms with Gasteiger partial charge in [0.25, 0.3) is 11.5 Å². The lowest BCUT2D eigenvalue weighted by Crippen LogP contribution is -2.34. The number of pyridine rings is 1. The molecule has 0 bridgehead atoms. The van der Waals surface area contributed by atoms with Crippen LogP contribution in [0.1, 0.15) is 49.9 Å². The zero-order valence-corrected chi connectivity index (χ0v) is 17.6. The fraction of sp³-hybridized carbons (Fsp3) is 0.250. The van der Waals surface area contributed by atoms with Crippen molar-refractivity contribution in [3.63, 3.8) is 0 Å². The summed E-state index contributed by atoms with van der Waals surface area (Å²) in [6, 6.07) is 15.2. The first-order valence-electron chi connectivity index (χ1n) is 9.98. The summed E-state index contributed by atoms with van der Waals surface area (Å²) in [5, 5.41) is 11.9. The Morgan fingerprint density at radius 2 is 1.50 bits per heavy atom. The summed E-state index contributed by atoms with van der Waals surface area (Å²) < 4.78 is 39.8. The molecule has 8 heteroatoms. The molecule has 0 unspecified atom stereocenters. The molecule has 3 rings (SSSR count). The van der Waals surface area contributed by atoms with E-state index in [4.69, 9.17) is 5.11 Å². The first-order chi connectivity index (χ1) is 15.1. The van der Waals surface area contributed by atoms with E-state index in [9.17, 15) is 22.8 Å². The minimum atomic E-state index is -4.81. The van der Waals surface area contributed by atoms with Crippen LogP contribution in [0.2, 0.25) is 0 Å². The third-order valence-corrected chi connectivity index (χ3v) is 5.13. The highest BCUT2D eigenvalue weighted by Crippen LogP contribution is 2.30. The summed E-state index contributed by atoms with van der Waals surface area (Å²) in [4.78, 5) is 27.1. The Morgan fingerprint density at radius 1 is 1.00 bits per heavy atom. The minimum absolute atomic E-state index is 0.355. The van der Waals surface area contributed by atoms with E-state index in [2.05, 4.69) is 5.32 Å². The molecule has 3 aromatic rings. The van der Waals surface area contributed by atoms with Gasteiger partial charge < -0.3 is 15.4 Å². The number of rotatable bonds is 6. The molecular formula is C24H23F3N2O3. The second kappa shape index (κ2) is 9.40. The molecule has 168 valence electrons. The van der Waals surface area contributed by atoms with E-state index in [0.29, 0.717) is 0 Å². The van der Waals surface area contributed by atoms with E-state index in [1.807, 2.05) is 62.4 Å². The summed E-state index contributed by atoms with van der Waals surface area (Å²) in [6.45, 7) is 3.28. The molecule has 1 amide bonds. The lowest BCUT2D eigenvalue weighted by atomic mass is 9.96. The number of carbonyl (C=O) groups excluding carboxylic acids is 1. The van der Waals surface area contributed by atoms with Crippen molar-refractivity contribution < 1.29 is 23.1 Å². The standard InChI is InChI=1S/C24H23F3N2O3/c1-14-3-7-16(8-4-14)20(17-9-5-15(2)6-10-17)28-22(31)19-13-18(11-12-30)21(24(25,26)27)29-23(19)32/h3-10,13,20,30H,11-12H2,1-2H3,(H,28,31)(H,29,32). The topological polar surface area (TPSA) is 82.2 Å². The number of H-pyrrole nitrogens is 1. The number of nitrogens with one attached hydrogen (secondary N) is 2. The van der Waals surface area contributed by atoms with Gasteiger partial charge in [0.05, 0.1) is 6.04 Å². The molecule has 0 saturated carbocycles. The van der Waals surface area contributed by atoms with Gasteiger partial charge >= 0.3 is 6.18 Å². The summed E-state index contributed by atoms with van der Waals surface area (Å²) in [7, 11) is 0. The molecule has 0 radical (unpaired) electrons. The zero-order chi connectivity index (χ0) is 23.5. The highest BCUT2D eigenvalue weighted by molar-refractivity contribution is 5.94. The highest BCUT2D eigenvalue weighted by atomic mass is 19.4. The molecule has 0 atom stereocenters. The molecule has 0 aliphatic heterocycles. The molecule has 0 fully saturated rings. The Hall–Kier alpha value is -3.39. The molecule has 32 heavy (non-hydrogen) atoms. The number of aliphatic hydroxyl groups excluding tert-OH is 1. The second-order valence-electron chi connectivity index (χ2n) is 7.61. The number of hydrogen-bond acceptors (Lipinski definition) is 3. The van der Waals surface area contributed by atoms with Crippen molar-refractivity contribution in [1.29, 1.82) is 0 Å². The fourth-order valence-electron chi connectivity index (χ4n) is 3.40. The van der Waals surface area contributed by atoms with Gasteiger partial charge in [-0.05, 0) is 43.0 Å². The van der Waals surface area contributed by atoms with E-state index in [-0.39, 0.29) is 12.0 Å². The average Bonchev–Trinajstić information content (AvgIpc) is 2.74. The Balaban J connectivity index is 2.02. The van der Waals surface area contributed by atoms with Crippen LogP contribution in [-0.4, -0.2) is 22.6 Å². The van der Waals surface area contributed by atoms with Crippen LogP contribution in [0.5, 0.6) is 0 Å². The first kappa shape index (κ1) is 23.3. The SMILES string of the molecule is Cc1ccc(C(NC(=O)c2cc(CCO)c(C(F)(F)F)[nH]c2=O)c2ccc(C)cc2)cc1. The largest absolute Gasteiger partial charge is 0.431 e. The third-order valence-electron chi connectivity index (χ3n) is 5.13. The van der Waals surface area contributed by atoms with Crippen LogP contribution in [0.15, 0.2) is 59.4 Å². The molecule has 2 aromatic carbocycles. The maximum atomic E-state index is 13.3. The minimum Gasteiger partial charge on any atom is -0.396 e. The van der Waals surface area contributed by atoms with Gasteiger partial charge in [0, 0.05) is 6.61 Å². The second-order valence-corrected chi connectivity index (χ2v) is 7.61. The number of alkyl halides is 3. The number of hydrogen-bond donors (Lipinski definition) is 3. The van der Waals surface area contributed by atoms with Crippen molar-refractivity contribution in [3.8, 4) is 0 Å². The van der Waals surface area contributed by atoms with Crippen LogP contribution in [0.3, 0.4) is 0 Å². The van der Waals surface area contributed by atoms with E-state index in [0.717, 1.165) is 28.3 Å². The summed E-state index contributed by atoms with van der Waals surface area (Å²) in [5.74, 6) is -0.815. The maximum absolute atomic E-state index is 13.3. The molecule has 0 aliphatic carbocycles. The number of aliphatic hydroxyl groups is 1. The number of halogens is 3. The number of benzene rings is 2. The quantitative estimate of drug-likeness (QED) is 0.536. The molecule has 0 saturated heterocycles. The molecule has 5 nitrogen and oxygen atoms in total. The van der Waals surface area contributed by atoms with Crippen molar-refractivity contribution in [2.45, 2.75) is 32.5 Å². The van der Waals surface area contributed by atoms with Gasteiger partial charge in [-0.3, -0.25) is 9.59 Å². The normalized spacial score (nSPS) is 11.6. The Bertz CT molecular complexity index is 1110. The van der Waals surface area contributed by atoms with Crippen molar-refractivity contribution in [3.05, 3.63) is 104 Å². The lowest BCUT2D eigenvalue weighted by Gasteiger charge is -2.21. The van der Waals surface area contributed by atoms with Crippen molar-refractivity contribution in [1.82, 2.24) is 10.3 Å². The van der Waals surface area contributed by atoms with Gasteiger partial charge in [-0.1, -0.05) is 59.7 Å². The number of aryl methyl sites for hydroxylation is 2. The van der Waals surface area contributed by atoms with Crippen LogP contribution in [0.25, 0.3) is 0 Å². The van der Waals surface area contributed by atoms with Crippen molar-refractivity contribution in [2.24, 2.45) is 0 Å². The summed E-state index contributed by atoms with van der Waals surface area (Å²) in [5.41, 5.74) is 0.340. The van der Waals surface area contributed by atoms with E-state index in [1.54, 1.807) is 4.98 Å². The Labute approximate surface area is 182 Å². The molecule has 1 heterocycles. The molecule has 0 aliphatic rings. The maximum Gasteiger partial charge on any atom is 0.431 e. The average molecular weight is 444 g/mol. The van der Waals surface area contributed by atoms with E-state index in [1.165, 1.54) is 0 Å². The molecule has 0 spiro atoms. The van der Waals surface area contributed by atoms with Crippen LogP contribution in [0, 0.1) is 13.8 Å². The lowest BCUT2D eigenvalue weighted by molar-refractivity contribution is -0.142. The van der Waals surface area contributed by atoms with E-state index < -0.39 is 41.5 Å². The van der Waals surface area contributed by atoms with Crippen molar-refractivity contribution >= 4 is 5.91 Å². The van der Waals surface area contributed by atoms with Gasteiger partial charge in [-0.15, -0.1) is 0 Å².